The van der Waals surface area contributed by atoms with Crippen molar-refractivity contribution in [2.24, 2.45) is 0 Å². The van der Waals surface area contributed by atoms with Gasteiger partial charge in [-0.15, -0.1) is 11.3 Å². The minimum absolute atomic E-state index is 0.927. The van der Waals surface area contributed by atoms with Gasteiger partial charge in [-0.05, 0) is 32.5 Å². The van der Waals surface area contributed by atoms with Crippen molar-refractivity contribution in [2.75, 3.05) is 0 Å². The first-order chi connectivity index (χ1) is 4.68. The predicted octanol–water partition coefficient (Wildman–Crippen LogP) is 3.96. The number of allylic oxidation sites excluding steroid dienone is 1. The maximum atomic E-state index is 3.77. The Balaban J connectivity index is 2.67. The fraction of sp³-hybridized carbons (Fsp3) is 0.143. The van der Waals surface area contributed by atoms with E-state index in [1.807, 2.05) is 0 Å². The molecule has 0 aromatic carbocycles. The summed E-state index contributed by atoms with van der Waals surface area (Å²) in [5, 5.41) is 0. The third-order valence-corrected chi connectivity index (χ3v) is 2.90. The van der Waals surface area contributed by atoms with Crippen molar-refractivity contribution in [3.63, 3.8) is 0 Å². The lowest BCUT2D eigenvalue weighted by atomic mass is 10.3. The number of hydrogen-bond acceptors (Lipinski definition) is 1. The number of thiophene rings is 1. The van der Waals surface area contributed by atoms with Crippen LogP contribution in [0.15, 0.2) is 27.0 Å². The van der Waals surface area contributed by atoms with Crippen LogP contribution in [0.25, 0.3) is 0 Å². The van der Waals surface area contributed by atoms with Crippen LogP contribution in [0.2, 0.25) is 0 Å². The molecule has 1 heterocycles. The summed E-state index contributed by atoms with van der Waals surface area (Å²) in [6.45, 7) is 3.77. The Morgan fingerprint density at radius 3 is 2.70 bits per heavy atom. The molecule has 0 saturated heterocycles. The molecule has 0 aliphatic carbocycles. The van der Waals surface area contributed by atoms with E-state index in [9.17, 15) is 0 Å². The highest BCUT2D eigenvalue weighted by Gasteiger charge is 1.96. The van der Waals surface area contributed by atoms with E-state index in [0.29, 0.717) is 0 Å². The molecule has 1 aromatic heterocycles. The number of hydrogen-bond donors (Lipinski definition) is 0. The van der Waals surface area contributed by atoms with E-state index in [4.69, 9.17) is 0 Å². The molecule has 0 aliphatic heterocycles. The van der Waals surface area contributed by atoms with Crippen LogP contribution in [0.3, 0.4) is 0 Å². The third kappa shape index (κ3) is 2.56. The normalized spacial score (nSPS) is 9.80. The molecule has 0 N–H and O–H groups in total. The van der Waals surface area contributed by atoms with E-state index in [2.05, 4.69) is 50.6 Å². The molecule has 0 spiro atoms. The van der Waals surface area contributed by atoms with Gasteiger partial charge in [0, 0.05) is 11.3 Å². The quantitative estimate of drug-likeness (QED) is 0.770. The second-order valence-electron chi connectivity index (χ2n) is 1.90. The fourth-order valence-corrected chi connectivity index (χ4v) is 2.65. The molecule has 0 aliphatic rings. The lowest BCUT2D eigenvalue weighted by molar-refractivity contribution is 1.33. The minimum atomic E-state index is 0.927. The summed E-state index contributed by atoms with van der Waals surface area (Å²) in [4.78, 5) is 1.33. The zero-order chi connectivity index (χ0) is 7.56. The Bertz CT molecular complexity index is 240. The van der Waals surface area contributed by atoms with Gasteiger partial charge in [0.15, 0.2) is 0 Å². The molecule has 3 heteroatoms. The maximum absolute atomic E-state index is 3.77. The molecule has 0 atom stereocenters. The van der Waals surface area contributed by atoms with Gasteiger partial charge >= 0.3 is 0 Å². The highest BCUT2D eigenvalue weighted by molar-refractivity contribution is 9.11. The molecular weight excluding hydrogens is 276 g/mol. The largest absolute Gasteiger partial charge is 0.133 e. The van der Waals surface area contributed by atoms with Crippen LogP contribution in [-0.2, 0) is 6.42 Å². The van der Waals surface area contributed by atoms with Crippen molar-refractivity contribution in [2.45, 2.75) is 6.42 Å². The van der Waals surface area contributed by atoms with Crippen LogP contribution in [0.5, 0.6) is 0 Å². The first-order valence-corrected chi connectivity index (χ1v) is 5.16. The van der Waals surface area contributed by atoms with E-state index in [1.165, 1.54) is 8.66 Å². The van der Waals surface area contributed by atoms with Crippen LogP contribution in [0, 0.1) is 0 Å². The van der Waals surface area contributed by atoms with Crippen LogP contribution >= 0.6 is 43.2 Å². The standard InChI is InChI=1S/C7H6Br2S/c1-5(8)4-6-2-3-7(9)10-6/h2-3H,1,4H2. The molecule has 10 heavy (non-hydrogen) atoms. The van der Waals surface area contributed by atoms with Crippen molar-refractivity contribution >= 4 is 43.2 Å². The SMILES string of the molecule is C=C(Br)Cc1ccc(Br)s1. The van der Waals surface area contributed by atoms with Crippen LogP contribution in [0.4, 0.5) is 0 Å². The summed E-state index contributed by atoms with van der Waals surface area (Å²) >= 11 is 8.45. The lowest BCUT2D eigenvalue weighted by Gasteiger charge is -1.89. The molecule has 0 nitrogen and oxygen atoms in total. The average molecular weight is 282 g/mol. The Kier molecular flexibility index (Phi) is 3.14. The van der Waals surface area contributed by atoms with Crippen LogP contribution in [-0.4, -0.2) is 0 Å². The Hall–Kier alpha value is 0.400. The molecule has 0 saturated carbocycles. The van der Waals surface area contributed by atoms with Crippen LogP contribution in [0.1, 0.15) is 4.88 Å². The summed E-state index contributed by atoms with van der Waals surface area (Å²) in [5.41, 5.74) is 0. The van der Waals surface area contributed by atoms with E-state index >= 15 is 0 Å². The second-order valence-corrected chi connectivity index (χ2v) is 5.57. The van der Waals surface area contributed by atoms with Gasteiger partial charge in [0.05, 0.1) is 3.79 Å². The Morgan fingerprint density at radius 1 is 1.60 bits per heavy atom. The molecule has 1 aromatic rings. The summed E-state index contributed by atoms with van der Waals surface area (Å²) in [6.07, 6.45) is 0.927. The Morgan fingerprint density at radius 2 is 2.30 bits per heavy atom. The second kappa shape index (κ2) is 3.69. The molecule has 1 rings (SSSR count). The van der Waals surface area contributed by atoms with Crippen molar-refractivity contribution in [1.82, 2.24) is 0 Å². The van der Waals surface area contributed by atoms with Gasteiger partial charge in [0.25, 0.3) is 0 Å². The van der Waals surface area contributed by atoms with Gasteiger partial charge in [-0.2, -0.15) is 0 Å². The third-order valence-electron chi connectivity index (χ3n) is 0.995. The van der Waals surface area contributed by atoms with Gasteiger partial charge in [0.1, 0.15) is 0 Å². The number of rotatable bonds is 2. The van der Waals surface area contributed by atoms with Crippen molar-refractivity contribution in [3.8, 4) is 0 Å². The zero-order valence-corrected chi connectivity index (χ0v) is 9.22. The predicted molar refractivity (Wildman–Crippen MR) is 53.8 cm³/mol. The number of halogens is 2. The van der Waals surface area contributed by atoms with Crippen LogP contribution < -0.4 is 0 Å². The molecule has 54 valence electrons. The highest BCUT2D eigenvalue weighted by atomic mass is 79.9. The minimum Gasteiger partial charge on any atom is -0.133 e. The van der Waals surface area contributed by atoms with E-state index in [0.717, 1.165) is 10.9 Å². The lowest BCUT2D eigenvalue weighted by Crippen LogP contribution is -1.73. The van der Waals surface area contributed by atoms with Gasteiger partial charge in [0.2, 0.25) is 0 Å². The van der Waals surface area contributed by atoms with Gasteiger partial charge < -0.3 is 0 Å². The summed E-state index contributed by atoms with van der Waals surface area (Å²) < 4.78 is 2.21. The molecule has 0 unspecified atom stereocenters. The van der Waals surface area contributed by atoms with E-state index in [1.54, 1.807) is 11.3 Å². The van der Waals surface area contributed by atoms with Gasteiger partial charge in [-0.25, -0.2) is 0 Å². The molecular formula is C7H6Br2S. The summed E-state index contributed by atoms with van der Waals surface area (Å²) in [6, 6.07) is 4.15. The molecule has 0 radical (unpaired) electrons. The monoisotopic (exact) mass is 280 g/mol. The maximum Gasteiger partial charge on any atom is 0.0701 e. The van der Waals surface area contributed by atoms with Crippen molar-refractivity contribution in [3.05, 3.63) is 31.9 Å². The molecule has 0 bridgehead atoms. The molecule has 0 fully saturated rings. The van der Waals surface area contributed by atoms with E-state index < -0.39 is 0 Å². The smallest absolute Gasteiger partial charge is 0.0701 e. The topological polar surface area (TPSA) is 0 Å². The summed E-state index contributed by atoms with van der Waals surface area (Å²) in [5.74, 6) is 0. The average Bonchev–Trinajstić information content (AvgIpc) is 2.13. The van der Waals surface area contributed by atoms with Gasteiger partial charge in [-0.3, -0.25) is 0 Å². The Labute approximate surface area is 81.2 Å². The molecule has 0 amide bonds. The first kappa shape index (κ1) is 8.50. The summed E-state index contributed by atoms with van der Waals surface area (Å²) in [7, 11) is 0. The first-order valence-electron chi connectivity index (χ1n) is 2.76. The fourth-order valence-electron chi connectivity index (χ4n) is 0.636. The highest BCUT2D eigenvalue weighted by Crippen LogP contribution is 2.24. The zero-order valence-electron chi connectivity index (χ0n) is 5.23. The van der Waals surface area contributed by atoms with Gasteiger partial charge in [-0.1, -0.05) is 22.5 Å². The van der Waals surface area contributed by atoms with E-state index in [-0.39, 0.29) is 0 Å². The van der Waals surface area contributed by atoms with Crippen molar-refractivity contribution in [1.29, 1.82) is 0 Å². The van der Waals surface area contributed by atoms with Crippen molar-refractivity contribution < 1.29 is 0 Å².